The third-order valence-corrected chi connectivity index (χ3v) is 2.37. The maximum atomic E-state index is 11.8. The van der Waals surface area contributed by atoms with Crippen LogP contribution in [0.2, 0.25) is 0 Å². The van der Waals surface area contributed by atoms with Crippen molar-refractivity contribution in [3.63, 3.8) is 0 Å². The number of carbonyl (C=O) groups is 1. The topological polar surface area (TPSA) is 53.3 Å². The predicted octanol–water partition coefficient (Wildman–Crippen LogP) is 1.81. The molecule has 0 spiro atoms. The lowest BCUT2D eigenvalue weighted by Crippen LogP contribution is -2.39. The van der Waals surface area contributed by atoms with Crippen molar-refractivity contribution in [2.75, 3.05) is 19.7 Å². The number of hydrogen-bond donors (Lipinski definition) is 0. The minimum Gasteiger partial charge on any atom is -0.369 e. The molecule has 0 N–H and O–H groups in total. The molecule has 0 fully saturated rings. The Morgan fingerprint density at radius 2 is 2.06 bits per heavy atom. The van der Waals surface area contributed by atoms with Gasteiger partial charge < -0.3 is 9.64 Å². The number of rotatable bonds is 7. The van der Waals surface area contributed by atoms with Crippen LogP contribution in [-0.2, 0) is 9.53 Å². The molecule has 0 radical (unpaired) electrons. The van der Waals surface area contributed by atoms with E-state index in [1.807, 2.05) is 13.0 Å². The first-order chi connectivity index (χ1) is 7.52. The number of hydrogen-bond acceptors (Lipinski definition) is 3. The Balaban J connectivity index is 4.01. The first-order valence-corrected chi connectivity index (χ1v) is 5.80. The summed E-state index contributed by atoms with van der Waals surface area (Å²) < 4.78 is 5.44. The fraction of sp³-hybridized carbons (Fsp3) is 0.833. The van der Waals surface area contributed by atoms with Gasteiger partial charge in [0, 0.05) is 13.2 Å². The molecule has 4 nitrogen and oxygen atoms in total. The van der Waals surface area contributed by atoms with Crippen LogP contribution in [-0.4, -0.2) is 36.6 Å². The molecule has 1 unspecified atom stereocenters. The summed E-state index contributed by atoms with van der Waals surface area (Å²) in [6.45, 7) is 9.10. The van der Waals surface area contributed by atoms with Gasteiger partial charge in [0.2, 0.25) is 0 Å². The van der Waals surface area contributed by atoms with Gasteiger partial charge in [0.1, 0.15) is 12.6 Å². The van der Waals surface area contributed by atoms with E-state index in [2.05, 4.69) is 13.8 Å². The van der Waals surface area contributed by atoms with Crippen LogP contribution >= 0.6 is 0 Å². The summed E-state index contributed by atoms with van der Waals surface area (Å²) in [6, 6.07) is 1.98. The average Bonchev–Trinajstić information content (AvgIpc) is 2.24. The van der Waals surface area contributed by atoms with Crippen molar-refractivity contribution in [1.82, 2.24) is 4.90 Å². The van der Waals surface area contributed by atoms with E-state index in [1.165, 1.54) is 4.90 Å². The molecular weight excluding hydrogens is 204 g/mol. The zero-order valence-corrected chi connectivity index (χ0v) is 10.7. The quantitative estimate of drug-likeness (QED) is 0.622. The number of carbonyl (C=O) groups excluding carboxylic acids is 1. The van der Waals surface area contributed by atoms with Gasteiger partial charge in [-0.25, -0.2) is 0 Å². The molecule has 0 aromatic carbocycles. The molecular formula is C12H22N2O2. The van der Waals surface area contributed by atoms with Gasteiger partial charge in [-0.3, -0.25) is 4.79 Å². The van der Waals surface area contributed by atoms with Crippen LogP contribution in [0.3, 0.4) is 0 Å². The third-order valence-electron chi connectivity index (χ3n) is 2.37. The molecule has 0 aliphatic heterocycles. The lowest BCUT2D eigenvalue weighted by molar-refractivity contribution is -0.142. The molecule has 0 aliphatic rings. The molecule has 0 aliphatic carbocycles. The fourth-order valence-corrected chi connectivity index (χ4v) is 1.24. The van der Waals surface area contributed by atoms with Gasteiger partial charge in [0.15, 0.2) is 0 Å². The van der Waals surface area contributed by atoms with Crippen LogP contribution in [0, 0.1) is 17.2 Å². The highest BCUT2D eigenvalue weighted by atomic mass is 16.5. The molecule has 16 heavy (non-hydrogen) atoms. The predicted molar refractivity (Wildman–Crippen MR) is 62.7 cm³/mol. The van der Waals surface area contributed by atoms with E-state index in [0.717, 1.165) is 6.42 Å². The Morgan fingerprint density at radius 3 is 2.50 bits per heavy atom. The molecule has 1 amide bonds. The number of likely N-dealkylation sites (N-methyl/N-ethyl adjacent to an activating group) is 1. The van der Waals surface area contributed by atoms with Crippen LogP contribution < -0.4 is 0 Å². The number of nitriles is 1. The lowest BCUT2D eigenvalue weighted by Gasteiger charge is -2.22. The third kappa shape index (κ3) is 5.72. The minimum atomic E-state index is -0.452. The minimum absolute atomic E-state index is 0.104. The largest absolute Gasteiger partial charge is 0.369 e. The zero-order chi connectivity index (χ0) is 12.6. The summed E-state index contributed by atoms with van der Waals surface area (Å²) in [6.07, 6.45) is 0.495. The first kappa shape index (κ1) is 14.9. The van der Waals surface area contributed by atoms with Gasteiger partial charge in [-0.1, -0.05) is 13.8 Å². The molecule has 0 rings (SSSR count). The zero-order valence-electron chi connectivity index (χ0n) is 10.7. The number of amides is 1. The summed E-state index contributed by atoms with van der Waals surface area (Å²) in [7, 11) is 0. The summed E-state index contributed by atoms with van der Waals surface area (Å²) in [5.74, 6) is 0.469. The molecule has 92 valence electrons. The van der Waals surface area contributed by atoms with E-state index in [4.69, 9.17) is 10.00 Å². The van der Waals surface area contributed by atoms with Crippen LogP contribution in [0.25, 0.3) is 0 Å². The second kappa shape index (κ2) is 8.12. The first-order valence-electron chi connectivity index (χ1n) is 5.80. The number of nitrogens with zero attached hydrogens (tertiary/aromatic N) is 2. The smallest absolute Gasteiger partial charge is 0.252 e. The van der Waals surface area contributed by atoms with Gasteiger partial charge in [-0.05, 0) is 26.2 Å². The van der Waals surface area contributed by atoms with Gasteiger partial charge >= 0.3 is 0 Å². The maximum absolute atomic E-state index is 11.8. The highest BCUT2D eigenvalue weighted by molar-refractivity contribution is 5.80. The normalized spacial score (nSPS) is 12.2. The van der Waals surface area contributed by atoms with Crippen LogP contribution in [0.5, 0.6) is 0 Å². The Hall–Kier alpha value is -1.08. The summed E-state index contributed by atoms with van der Waals surface area (Å²) in [4.78, 5) is 13.3. The van der Waals surface area contributed by atoms with Crippen molar-refractivity contribution < 1.29 is 9.53 Å². The monoisotopic (exact) mass is 226 g/mol. The van der Waals surface area contributed by atoms with E-state index in [9.17, 15) is 4.79 Å². The molecule has 0 heterocycles. The van der Waals surface area contributed by atoms with Crippen molar-refractivity contribution in [2.24, 2.45) is 5.92 Å². The van der Waals surface area contributed by atoms with Crippen LogP contribution in [0.4, 0.5) is 0 Å². The second-order valence-corrected chi connectivity index (χ2v) is 4.21. The highest BCUT2D eigenvalue weighted by Gasteiger charge is 2.19. The molecule has 4 heteroatoms. The summed E-state index contributed by atoms with van der Waals surface area (Å²) in [5, 5.41) is 8.56. The Bertz CT molecular complexity index is 246. The van der Waals surface area contributed by atoms with Crippen LogP contribution in [0.1, 0.15) is 34.1 Å². The van der Waals surface area contributed by atoms with Crippen molar-refractivity contribution in [1.29, 1.82) is 5.26 Å². The van der Waals surface area contributed by atoms with E-state index in [1.54, 1.807) is 6.92 Å². The van der Waals surface area contributed by atoms with Gasteiger partial charge in [0.25, 0.3) is 5.91 Å². The summed E-state index contributed by atoms with van der Waals surface area (Å²) >= 11 is 0. The average molecular weight is 226 g/mol. The molecule has 0 aromatic heterocycles. The molecule has 0 aromatic rings. The molecule has 0 saturated carbocycles. The maximum Gasteiger partial charge on any atom is 0.252 e. The van der Waals surface area contributed by atoms with E-state index >= 15 is 0 Å². The standard InChI is InChI=1S/C12H22N2O2/c1-5-14(8-7-13)12(15)11(4)16-9-6-10(2)3/h10-11H,5-6,8-9H2,1-4H3. The van der Waals surface area contributed by atoms with Gasteiger partial charge in [0.05, 0.1) is 6.07 Å². The van der Waals surface area contributed by atoms with Gasteiger partial charge in [-0.15, -0.1) is 0 Å². The number of ether oxygens (including phenoxy) is 1. The van der Waals surface area contributed by atoms with E-state index in [0.29, 0.717) is 19.1 Å². The summed E-state index contributed by atoms with van der Waals surface area (Å²) in [5.41, 5.74) is 0. The lowest BCUT2D eigenvalue weighted by atomic mass is 10.1. The van der Waals surface area contributed by atoms with Gasteiger partial charge in [-0.2, -0.15) is 5.26 Å². The second-order valence-electron chi connectivity index (χ2n) is 4.21. The molecule has 0 bridgehead atoms. The Morgan fingerprint density at radius 1 is 1.44 bits per heavy atom. The fourth-order valence-electron chi connectivity index (χ4n) is 1.24. The van der Waals surface area contributed by atoms with Crippen molar-refractivity contribution in [3.05, 3.63) is 0 Å². The Kier molecular flexibility index (Phi) is 7.57. The highest BCUT2D eigenvalue weighted by Crippen LogP contribution is 2.04. The SMILES string of the molecule is CCN(CC#N)C(=O)C(C)OCCC(C)C. The van der Waals surface area contributed by atoms with Crippen molar-refractivity contribution >= 4 is 5.91 Å². The van der Waals surface area contributed by atoms with Crippen LogP contribution in [0.15, 0.2) is 0 Å². The molecule has 0 saturated heterocycles. The van der Waals surface area contributed by atoms with E-state index < -0.39 is 6.10 Å². The van der Waals surface area contributed by atoms with E-state index in [-0.39, 0.29) is 12.5 Å². The van der Waals surface area contributed by atoms with Crippen molar-refractivity contribution in [2.45, 2.75) is 40.2 Å². The molecule has 1 atom stereocenters. The Labute approximate surface area is 98.2 Å². The van der Waals surface area contributed by atoms with Crippen molar-refractivity contribution in [3.8, 4) is 6.07 Å².